The molecule has 0 aromatic heterocycles. The third kappa shape index (κ3) is 2.35. The predicted molar refractivity (Wildman–Crippen MR) is 65.9 cm³/mol. The first-order chi connectivity index (χ1) is 7.29. The molecule has 1 aromatic carbocycles. The highest BCUT2D eigenvalue weighted by molar-refractivity contribution is 6.32. The summed E-state index contributed by atoms with van der Waals surface area (Å²) >= 11 is 6.15. The molecule has 1 saturated heterocycles. The number of hydrogen-bond donors (Lipinski definition) is 0. The summed E-state index contributed by atoms with van der Waals surface area (Å²) < 4.78 is 0. The normalized spacial score (nSPS) is 16.5. The van der Waals surface area contributed by atoms with Gasteiger partial charge in [0.25, 0.3) is 0 Å². The number of rotatable bonds is 2. The van der Waals surface area contributed by atoms with Crippen LogP contribution < -0.4 is 0 Å². The summed E-state index contributed by atoms with van der Waals surface area (Å²) in [6.07, 6.45) is 3.87. The van der Waals surface area contributed by atoms with Crippen molar-refractivity contribution in [3.63, 3.8) is 0 Å². The summed E-state index contributed by atoms with van der Waals surface area (Å²) in [6.45, 7) is 6.38. The lowest BCUT2D eigenvalue weighted by Crippen LogP contribution is -2.27. The van der Waals surface area contributed by atoms with E-state index >= 15 is 0 Å². The number of piperidine rings is 1. The molecule has 80 valence electrons. The first kappa shape index (κ1) is 10.6. The standard InChI is InChI=1S/C13H16ClN/c1-11(15-9-5-2-6-10-15)12-7-3-4-8-13(12)14/h3-4,7-8H,1-2,5-6,9-10H2. The van der Waals surface area contributed by atoms with Crippen LogP contribution in [0.5, 0.6) is 0 Å². The Kier molecular flexibility index (Phi) is 3.32. The number of nitrogens with zero attached hydrogens (tertiary/aromatic N) is 1. The van der Waals surface area contributed by atoms with Crippen molar-refractivity contribution in [3.8, 4) is 0 Å². The van der Waals surface area contributed by atoms with E-state index < -0.39 is 0 Å². The number of benzene rings is 1. The second kappa shape index (κ2) is 4.71. The molecule has 15 heavy (non-hydrogen) atoms. The molecule has 0 unspecified atom stereocenters. The Bertz CT molecular complexity index is 353. The van der Waals surface area contributed by atoms with Gasteiger partial charge in [-0.1, -0.05) is 36.4 Å². The SMILES string of the molecule is C=C(c1ccccc1Cl)N1CCCCC1. The Balaban J connectivity index is 2.16. The van der Waals surface area contributed by atoms with Crippen molar-refractivity contribution < 1.29 is 0 Å². The molecule has 0 radical (unpaired) electrons. The van der Waals surface area contributed by atoms with E-state index in [9.17, 15) is 0 Å². The van der Waals surface area contributed by atoms with Crippen LogP contribution in [0.1, 0.15) is 24.8 Å². The zero-order valence-corrected chi connectivity index (χ0v) is 9.63. The van der Waals surface area contributed by atoms with Gasteiger partial charge in [0.05, 0.1) is 0 Å². The van der Waals surface area contributed by atoms with Crippen LogP contribution in [-0.2, 0) is 0 Å². The second-order valence-electron chi connectivity index (χ2n) is 3.97. The topological polar surface area (TPSA) is 3.24 Å². The quantitative estimate of drug-likeness (QED) is 0.735. The maximum absolute atomic E-state index is 6.15. The average Bonchev–Trinajstić information content (AvgIpc) is 2.30. The molecule has 0 atom stereocenters. The monoisotopic (exact) mass is 221 g/mol. The maximum atomic E-state index is 6.15. The smallest absolute Gasteiger partial charge is 0.0498 e. The largest absolute Gasteiger partial charge is 0.371 e. The Hall–Kier alpha value is -0.950. The van der Waals surface area contributed by atoms with Crippen LogP contribution in [0.4, 0.5) is 0 Å². The van der Waals surface area contributed by atoms with Gasteiger partial charge in [-0.15, -0.1) is 0 Å². The lowest BCUT2D eigenvalue weighted by Gasteiger charge is -2.30. The second-order valence-corrected chi connectivity index (χ2v) is 4.38. The molecule has 1 nitrogen and oxygen atoms in total. The fourth-order valence-corrected chi connectivity index (χ4v) is 2.27. The molecular weight excluding hydrogens is 206 g/mol. The Morgan fingerprint density at radius 2 is 1.80 bits per heavy atom. The van der Waals surface area contributed by atoms with Gasteiger partial charge in [0, 0.05) is 29.4 Å². The highest BCUT2D eigenvalue weighted by Gasteiger charge is 2.14. The van der Waals surface area contributed by atoms with Gasteiger partial charge in [-0.05, 0) is 25.3 Å². The third-order valence-corrected chi connectivity index (χ3v) is 3.25. The molecule has 2 heteroatoms. The van der Waals surface area contributed by atoms with Crippen molar-refractivity contribution in [2.75, 3.05) is 13.1 Å². The summed E-state index contributed by atoms with van der Waals surface area (Å²) in [6, 6.07) is 7.93. The van der Waals surface area contributed by atoms with Crippen LogP contribution in [0.15, 0.2) is 30.8 Å². The average molecular weight is 222 g/mol. The van der Waals surface area contributed by atoms with E-state index in [1.807, 2.05) is 24.3 Å². The van der Waals surface area contributed by atoms with Gasteiger partial charge in [0.15, 0.2) is 0 Å². The van der Waals surface area contributed by atoms with Crippen LogP contribution in [0.25, 0.3) is 5.70 Å². The van der Waals surface area contributed by atoms with E-state index in [-0.39, 0.29) is 0 Å². The van der Waals surface area contributed by atoms with E-state index in [1.54, 1.807) is 0 Å². The Morgan fingerprint density at radius 1 is 1.13 bits per heavy atom. The molecule has 1 aromatic rings. The Morgan fingerprint density at radius 3 is 2.47 bits per heavy atom. The molecule has 1 fully saturated rings. The minimum Gasteiger partial charge on any atom is -0.371 e. The van der Waals surface area contributed by atoms with Crippen molar-refractivity contribution >= 4 is 17.3 Å². The number of likely N-dealkylation sites (tertiary alicyclic amines) is 1. The molecule has 0 N–H and O–H groups in total. The molecular formula is C13H16ClN. The van der Waals surface area contributed by atoms with Crippen LogP contribution in [0, 0.1) is 0 Å². The number of hydrogen-bond acceptors (Lipinski definition) is 1. The summed E-state index contributed by atoms with van der Waals surface area (Å²) in [5, 5.41) is 0.799. The van der Waals surface area contributed by atoms with Crippen molar-refractivity contribution in [1.82, 2.24) is 4.90 Å². The first-order valence-corrected chi connectivity index (χ1v) is 5.85. The predicted octanol–water partition coefficient (Wildman–Crippen LogP) is 3.80. The summed E-state index contributed by atoms with van der Waals surface area (Å²) in [4.78, 5) is 2.34. The lowest BCUT2D eigenvalue weighted by molar-refractivity contribution is 0.326. The van der Waals surface area contributed by atoms with E-state index in [1.165, 1.54) is 19.3 Å². The minimum atomic E-state index is 0.799. The van der Waals surface area contributed by atoms with E-state index in [0.29, 0.717) is 0 Å². The molecule has 0 saturated carbocycles. The number of halogens is 1. The van der Waals surface area contributed by atoms with Crippen LogP contribution in [-0.4, -0.2) is 18.0 Å². The van der Waals surface area contributed by atoms with Gasteiger partial charge in [-0.3, -0.25) is 0 Å². The fraction of sp³-hybridized carbons (Fsp3) is 0.385. The Labute approximate surface area is 96.4 Å². The van der Waals surface area contributed by atoms with Gasteiger partial charge < -0.3 is 4.90 Å². The van der Waals surface area contributed by atoms with Gasteiger partial charge in [-0.25, -0.2) is 0 Å². The lowest BCUT2D eigenvalue weighted by atomic mass is 10.1. The zero-order chi connectivity index (χ0) is 10.7. The molecule has 0 amide bonds. The molecule has 2 rings (SSSR count). The summed E-state index contributed by atoms with van der Waals surface area (Å²) in [7, 11) is 0. The minimum absolute atomic E-state index is 0.799. The highest BCUT2D eigenvalue weighted by atomic mass is 35.5. The van der Waals surface area contributed by atoms with Crippen molar-refractivity contribution in [2.24, 2.45) is 0 Å². The maximum Gasteiger partial charge on any atom is 0.0498 e. The highest BCUT2D eigenvalue weighted by Crippen LogP contribution is 2.27. The van der Waals surface area contributed by atoms with Crippen molar-refractivity contribution in [1.29, 1.82) is 0 Å². The van der Waals surface area contributed by atoms with Gasteiger partial charge in [-0.2, -0.15) is 0 Å². The van der Waals surface area contributed by atoms with Crippen LogP contribution in [0.2, 0.25) is 5.02 Å². The molecule has 0 spiro atoms. The van der Waals surface area contributed by atoms with E-state index in [4.69, 9.17) is 11.6 Å². The van der Waals surface area contributed by atoms with Crippen LogP contribution in [0.3, 0.4) is 0 Å². The molecule has 0 bridgehead atoms. The summed E-state index contributed by atoms with van der Waals surface area (Å²) in [5.74, 6) is 0. The molecule has 1 aliphatic heterocycles. The van der Waals surface area contributed by atoms with Crippen molar-refractivity contribution in [2.45, 2.75) is 19.3 Å². The molecule has 1 heterocycles. The fourth-order valence-electron chi connectivity index (χ4n) is 2.03. The van der Waals surface area contributed by atoms with Crippen molar-refractivity contribution in [3.05, 3.63) is 41.4 Å². The first-order valence-electron chi connectivity index (χ1n) is 5.48. The van der Waals surface area contributed by atoms with E-state index in [0.717, 1.165) is 29.4 Å². The zero-order valence-electron chi connectivity index (χ0n) is 8.88. The van der Waals surface area contributed by atoms with Crippen LogP contribution >= 0.6 is 11.6 Å². The summed E-state index contributed by atoms with van der Waals surface area (Å²) in [5.41, 5.74) is 2.14. The molecule has 1 aliphatic rings. The third-order valence-electron chi connectivity index (χ3n) is 2.92. The van der Waals surface area contributed by atoms with E-state index in [2.05, 4.69) is 11.5 Å². The van der Waals surface area contributed by atoms with Gasteiger partial charge in [0.2, 0.25) is 0 Å². The van der Waals surface area contributed by atoms with Gasteiger partial charge >= 0.3 is 0 Å². The van der Waals surface area contributed by atoms with Gasteiger partial charge in [0.1, 0.15) is 0 Å². The molecule has 0 aliphatic carbocycles.